The summed E-state index contributed by atoms with van der Waals surface area (Å²) in [4.78, 5) is 34.8. The SMILES string of the molecule is O=C(C[NH+]1CCCCC1)NNC(=O)c1ccc([N+](=O)[O-])cc1. The second-order valence-corrected chi connectivity index (χ2v) is 5.29. The van der Waals surface area contributed by atoms with Crippen molar-refractivity contribution in [3.8, 4) is 0 Å². The van der Waals surface area contributed by atoms with Crippen molar-refractivity contribution in [1.82, 2.24) is 10.9 Å². The van der Waals surface area contributed by atoms with Crippen LogP contribution in [-0.2, 0) is 4.79 Å². The predicted molar refractivity (Wildman–Crippen MR) is 78.1 cm³/mol. The zero-order chi connectivity index (χ0) is 15.9. The van der Waals surface area contributed by atoms with Gasteiger partial charge in [0, 0.05) is 17.7 Å². The Morgan fingerprint density at radius 2 is 1.73 bits per heavy atom. The normalized spacial score (nSPS) is 15.1. The molecule has 1 aromatic carbocycles. The number of benzene rings is 1. The van der Waals surface area contributed by atoms with Crippen molar-refractivity contribution in [2.24, 2.45) is 0 Å². The van der Waals surface area contributed by atoms with E-state index in [2.05, 4.69) is 10.9 Å². The molecule has 1 heterocycles. The van der Waals surface area contributed by atoms with Gasteiger partial charge in [-0.05, 0) is 31.4 Å². The molecule has 1 saturated heterocycles. The number of hydrogen-bond acceptors (Lipinski definition) is 4. The zero-order valence-electron chi connectivity index (χ0n) is 12.1. The number of nitro groups is 1. The molecule has 2 rings (SSSR count). The van der Waals surface area contributed by atoms with Crippen LogP contribution in [0.15, 0.2) is 24.3 Å². The number of nitro benzene ring substituents is 1. The van der Waals surface area contributed by atoms with E-state index in [0.717, 1.165) is 25.9 Å². The lowest BCUT2D eigenvalue weighted by atomic mass is 10.1. The van der Waals surface area contributed by atoms with E-state index < -0.39 is 10.8 Å². The molecule has 22 heavy (non-hydrogen) atoms. The Kier molecular flexibility index (Phi) is 5.42. The fourth-order valence-electron chi connectivity index (χ4n) is 2.43. The van der Waals surface area contributed by atoms with Crippen LogP contribution in [0.2, 0.25) is 0 Å². The first kappa shape index (κ1) is 15.9. The van der Waals surface area contributed by atoms with Gasteiger partial charge in [0.25, 0.3) is 17.5 Å². The number of hydrazine groups is 1. The molecule has 0 radical (unpaired) electrons. The van der Waals surface area contributed by atoms with Crippen molar-refractivity contribution in [2.45, 2.75) is 19.3 Å². The summed E-state index contributed by atoms with van der Waals surface area (Å²) in [5, 5.41) is 10.5. The molecule has 1 aromatic rings. The Morgan fingerprint density at radius 3 is 2.32 bits per heavy atom. The molecule has 0 unspecified atom stereocenters. The van der Waals surface area contributed by atoms with Crippen molar-refractivity contribution in [1.29, 1.82) is 0 Å². The summed E-state index contributed by atoms with van der Waals surface area (Å²) < 4.78 is 0. The summed E-state index contributed by atoms with van der Waals surface area (Å²) in [6.45, 7) is 2.29. The monoisotopic (exact) mass is 307 g/mol. The number of hydrogen-bond donors (Lipinski definition) is 3. The van der Waals surface area contributed by atoms with Gasteiger partial charge in [-0.25, -0.2) is 0 Å². The molecule has 118 valence electrons. The molecular formula is C14H19N4O4+. The number of rotatable bonds is 4. The Bertz CT molecular complexity index is 552. The van der Waals surface area contributed by atoms with Crippen LogP contribution in [-0.4, -0.2) is 36.4 Å². The number of quaternary nitrogens is 1. The highest BCUT2D eigenvalue weighted by Crippen LogP contribution is 2.11. The summed E-state index contributed by atoms with van der Waals surface area (Å²) in [6.07, 6.45) is 3.46. The van der Waals surface area contributed by atoms with E-state index in [9.17, 15) is 19.7 Å². The molecule has 3 N–H and O–H groups in total. The fourth-order valence-corrected chi connectivity index (χ4v) is 2.43. The van der Waals surface area contributed by atoms with Crippen LogP contribution in [0.5, 0.6) is 0 Å². The van der Waals surface area contributed by atoms with Crippen LogP contribution in [0.25, 0.3) is 0 Å². The van der Waals surface area contributed by atoms with Crippen LogP contribution in [0, 0.1) is 10.1 Å². The van der Waals surface area contributed by atoms with Crippen LogP contribution in [0.4, 0.5) is 5.69 Å². The Labute approximate surface area is 127 Å². The van der Waals surface area contributed by atoms with Crippen molar-refractivity contribution in [3.05, 3.63) is 39.9 Å². The number of likely N-dealkylation sites (tertiary alicyclic amines) is 1. The number of nitrogens with one attached hydrogen (secondary N) is 3. The van der Waals surface area contributed by atoms with Gasteiger partial charge in [0.2, 0.25) is 0 Å². The quantitative estimate of drug-likeness (QED) is 0.511. The highest BCUT2D eigenvalue weighted by atomic mass is 16.6. The Morgan fingerprint density at radius 1 is 1.09 bits per heavy atom. The van der Waals surface area contributed by atoms with Gasteiger partial charge in [0.1, 0.15) is 0 Å². The molecule has 1 fully saturated rings. The number of piperidine rings is 1. The van der Waals surface area contributed by atoms with Crippen molar-refractivity contribution in [3.63, 3.8) is 0 Å². The molecular weight excluding hydrogens is 288 g/mol. The average Bonchev–Trinajstić information content (AvgIpc) is 2.53. The molecule has 0 bridgehead atoms. The molecule has 2 amide bonds. The molecule has 8 heteroatoms. The lowest BCUT2D eigenvalue weighted by molar-refractivity contribution is -0.896. The number of amides is 2. The van der Waals surface area contributed by atoms with E-state index in [1.807, 2.05) is 0 Å². The summed E-state index contributed by atoms with van der Waals surface area (Å²) >= 11 is 0. The second kappa shape index (κ2) is 7.51. The third kappa shape index (κ3) is 4.52. The topological polar surface area (TPSA) is 106 Å². The maximum absolute atomic E-state index is 11.8. The first-order valence-corrected chi connectivity index (χ1v) is 7.23. The van der Waals surface area contributed by atoms with E-state index in [-0.39, 0.29) is 17.2 Å². The van der Waals surface area contributed by atoms with Crippen LogP contribution >= 0.6 is 0 Å². The zero-order valence-corrected chi connectivity index (χ0v) is 12.1. The van der Waals surface area contributed by atoms with Gasteiger partial charge in [-0.2, -0.15) is 0 Å². The molecule has 8 nitrogen and oxygen atoms in total. The first-order chi connectivity index (χ1) is 10.6. The molecule has 1 aliphatic rings. The first-order valence-electron chi connectivity index (χ1n) is 7.23. The number of non-ortho nitro benzene ring substituents is 1. The van der Waals surface area contributed by atoms with Crippen LogP contribution in [0.1, 0.15) is 29.6 Å². The van der Waals surface area contributed by atoms with Crippen molar-refractivity contribution in [2.75, 3.05) is 19.6 Å². The average molecular weight is 307 g/mol. The summed E-state index contributed by atoms with van der Waals surface area (Å²) in [6, 6.07) is 5.17. The molecule has 0 atom stereocenters. The van der Waals surface area contributed by atoms with Gasteiger partial charge in [-0.3, -0.25) is 30.6 Å². The van der Waals surface area contributed by atoms with Gasteiger partial charge < -0.3 is 4.90 Å². The van der Waals surface area contributed by atoms with Gasteiger partial charge in [-0.15, -0.1) is 0 Å². The largest absolute Gasteiger partial charge is 0.327 e. The van der Waals surface area contributed by atoms with E-state index in [1.165, 1.54) is 35.6 Å². The maximum Gasteiger partial charge on any atom is 0.293 e. The van der Waals surface area contributed by atoms with Crippen molar-refractivity contribution >= 4 is 17.5 Å². The van der Waals surface area contributed by atoms with Crippen molar-refractivity contribution < 1.29 is 19.4 Å². The molecule has 0 aromatic heterocycles. The third-order valence-corrected chi connectivity index (χ3v) is 3.63. The highest BCUT2D eigenvalue weighted by Gasteiger charge is 2.17. The Balaban J connectivity index is 1.78. The maximum atomic E-state index is 11.8. The summed E-state index contributed by atoms with van der Waals surface area (Å²) in [7, 11) is 0. The second-order valence-electron chi connectivity index (χ2n) is 5.29. The highest BCUT2D eigenvalue weighted by molar-refractivity contribution is 5.95. The fraction of sp³-hybridized carbons (Fsp3) is 0.429. The molecule has 1 aliphatic heterocycles. The lowest BCUT2D eigenvalue weighted by Crippen LogP contribution is -3.14. The van der Waals surface area contributed by atoms with Gasteiger partial charge in [0.15, 0.2) is 6.54 Å². The van der Waals surface area contributed by atoms with Gasteiger partial charge >= 0.3 is 0 Å². The van der Waals surface area contributed by atoms with Crippen LogP contribution < -0.4 is 15.8 Å². The number of carbonyl (C=O) groups is 2. The van der Waals surface area contributed by atoms with E-state index in [4.69, 9.17) is 0 Å². The minimum Gasteiger partial charge on any atom is -0.327 e. The smallest absolute Gasteiger partial charge is 0.293 e. The van der Waals surface area contributed by atoms with E-state index in [1.54, 1.807) is 0 Å². The summed E-state index contributed by atoms with van der Waals surface area (Å²) in [5.41, 5.74) is 4.85. The predicted octanol–water partition coefficient (Wildman–Crippen LogP) is -0.575. The van der Waals surface area contributed by atoms with Gasteiger partial charge in [0.05, 0.1) is 18.0 Å². The lowest BCUT2D eigenvalue weighted by Gasteiger charge is -2.22. The molecule has 0 saturated carbocycles. The minimum atomic E-state index is -0.537. The third-order valence-electron chi connectivity index (χ3n) is 3.63. The standard InChI is InChI=1S/C14H18N4O4/c19-13(10-17-8-2-1-3-9-17)15-16-14(20)11-4-6-12(7-5-11)18(21)22/h4-7H,1-3,8-10H2,(H,15,19)(H,16,20)/p+1. The summed E-state index contributed by atoms with van der Waals surface area (Å²) in [5.74, 6) is -0.746. The van der Waals surface area contributed by atoms with Crippen LogP contribution in [0.3, 0.4) is 0 Å². The number of nitrogens with zero attached hydrogens (tertiary/aromatic N) is 1. The van der Waals surface area contributed by atoms with Gasteiger partial charge in [-0.1, -0.05) is 0 Å². The minimum absolute atomic E-state index is 0.0886. The van der Waals surface area contributed by atoms with E-state index in [0.29, 0.717) is 6.54 Å². The Hall–Kier alpha value is -2.48. The number of carbonyl (C=O) groups excluding carboxylic acids is 2. The molecule has 0 aliphatic carbocycles. The van der Waals surface area contributed by atoms with E-state index >= 15 is 0 Å². The molecule has 0 spiro atoms.